The largest absolute Gasteiger partial charge is 0.480 e. The molecule has 0 aromatic heterocycles. The Morgan fingerprint density at radius 3 is 1.54 bits per heavy atom. The van der Waals surface area contributed by atoms with Crippen molar-refractivity contribution in [3.05, 3.63) is 0 Å². The number of carbonyl (C=O) groups excluding carboxylic acids is 12. The van der Waals surface area contributed by atoms with Gasteiger partial charge in [0.1, 0.15) is 98.7 Å². The average molecular weight is 1490 g/mol. The van der Waals surface area contributed by atoms with Gasteiger partial charge >= 0.3 is 17.9 Å². The number of nitrogens with zero attached hydrogens (tertiary/aromatic N) is 2. The third-order valence-corrected chi connectivity index (χ3v) is 15.7. The van der Waals surface area contributed by atoms with E-state index in [1.807, 2.05) is 0 Å². The van der Waals surface area contributed by atoms with Gasteiger partial charge in [-0.1, -0.05) is 14.4 Å². The zero-order chi connectivity index (χ0) is 77.1. The van der Waals surface area contributed by atoms with Gasteiger partial charge in [0.05, 0.1) is 38.4 Å². The molecule has 41 nitrogen and oxygen atoms in total. The Morgan fingerprint density at radius 1 is 0.553 bits per heavy atom. The molecule has 16 atom stereocenters. The lowest BCUT2D eigenvalue weighted by atomic mass is 9.88. The lowest BCUT2D eigenvalue weighted by Gasteiger charge is -2.50. The van der Waals surface area contributed by atoms with Gasteiger partial charge in [-0.3, -0.25) is 67.1 Å². The van der Waals surface area contributed by atoms with E-state index in [1.165, 1.54) is 7.05 Å². The van der Waals surface area contributed by atoms with E-state index in [-0.39, 0.29) is 75.9 Å². The summed E-state index contributed by atoms with van der Waals surface area (Å²) < 4.78 is 33.9. The number of unbranched alkanes of at least 4 members (excludes halogenated alkanes) is 2. The molecule has 588 valence electrons. The number of hydrogen-bond acceptors (Lipinski definition) is 30. The monoisotopic (exact) mass is 1490 g/mol. The van der Waals surface area contributed by atoms with Gasteiger partial charge in [0.25, 0.3) is 5.79 Å². The lowest BCUT2D eigenvalue weighted by molar-refractivity contribution is -0.418. The summed E-state index contributed by atoms with van der Waals surface area (Å²) in [6, 6.07) is -2.95. The molecule has 18 N–H and O–H groups in total. The van der Waals surface area contributed by atoms with Crippen LogP contribution in [0.3, 0.4) is 0 Å². The summed E-state index contributed by atoms with van der Waals surface area (Å²) in [5.74, 6) is -14.4. The van der Waals surface area contributed by atoms with E-state index >= 15 is 0 Å². The number of rotatable bonds is 45. The maximum atomic E-state index is 12.7. The van der Waals surface area contributed by atoms with E-state index in [0.29, 0.717) is 50.0 Å². The Morgan fingerprint density at radius 2 is 1.06 bits per heavy atom. The number of carboxylic acid groups (broad SMARTS) is 3. The first-order valence-electron chi connectivity index (χ1n) is 32.7. The van der Waals surface area contributed by atoms with Crippen molar-refractivity contribution < 1.29 is 162 Å². The molecule has 0 aliphatic carbocycles. The third-order valence-electron chi connectivity index (χ3n) is 15.7. The van der Waals surface area contributed by atoms with Gasteiger partial charge in [0, 0.05) is 105 Å². The fraction of sp³-hybridized carbons (Fsp3) is 0.758. The van der Waals surface area contributed by atoms with Crippen molar-refractivity contribution in [1.82, 2.24) is 41.7 Å². The average Bonchev–Trinajstić information content (AvgIpc) is 0.759. The van der Waals surface area contributed by atoms with Crippen molar-refractivity contribution in [2.45, 2.75) is 229 Å². The summed E-state index contributed by atoms with van der Waals surface area (Å²) in [6.07, 6.45) is -25.0. The molecule has 3 aliphatic heterocycles. The van der Waals surface area contributed by atoms with Crippen molar-refractivity contribution in [3.8, 4) is 0 Å². The Labute approximate surface area is 591 Å². The number of amides is 8. The zero-order valence-corrected chi connectivity index (χ0v) is 57.2. The summed E-state index contributed by atoms with van der Waals surface area (Å²) in [5.41, 5.74) is 0. The molecule has 0 aromatic carbocycles. The Hall–Kier alpha value is -7.75. The standard InChI is InChI=1S/C35H59N3O21.C26H39N5O12.CH4/c1-15(41)37-22-18(44)12-35(34(52)53,58-30(22)24(47)19(45)13-39)59-33-28(51)26(49)27(50)32(57-33)56-29-20(14-40)55-31(23(25(29)48)38-16(2)42)54-11-7-6-9-17(43)8-4-5-10-21(46)36-3;1-3-17(32)6-9-23(38)30(15-25(40)41)13-22(37)29-12-19(34)7-10-24(39)31(16-26(42)43)14-21(36)28-11-18(33)5-8-20(35)27-4-2;/h18-20,22-33,39-40,44-45,47-51H,4-14H2,1-3H3,(H,36,46)(H,37,41)(H,38,42)(H,52,53);3-16H2,1-2H3,(H,27,35)(H,28,36)(H,29,37)(H,40,41)(H,42,43);1H4/t18-,19?,20?,22-,23?,24?,25-,26-,27?,28-,29-,30?,31-,32-,33?,35+;;/m1../s1. The number of aliphatic hydroxyl groups is 9. The maximum absolute atomic E-state index is 12.7. The third kappa shape index (κ3) is 32.9. The van der Waals surface area contributed by atoms with Crippen molar-refractivity contribution in [3.63, 3.8) is 0 Å². The van der Waals surface area contributed by atoms with Gasteiger partial charge in [-0.15, -0.1) is 0 Å². The van der Waals surface area contributed by atoms with Gasteiger partial charge in [0.15, 0.2) is 30.4 Å². The number of carbonyl (C=O) groups is 15. The number of carboxylic acids is 3. The highest BCUT2D eigenvalue weighted by Gasteiger charge is 2.60. The molecule has 3 heterocycles. The van der Waals surface area contributed by atoms with E-state index in [9.17, 15) is 123 Å². The molecule has 0 bridgehead atoms. The molecular formula is C62H102N8O33. The van der Waals surface area contributed by atoms with Crippen molar-refractivity contribution in [2.24, 2.45) is 0 Å². The number of aliphatic hydroxyl groups excluding tert-OH is 9. The first-order valence-corrected chi connectivity index (χ1v) is 32.7. The minimum atomic E-state index is -3.07. The first kappa shape index (κ1) is 93.3. The van der Waals surface area contributed by atoms with E-state index in [4.69, 9.17) is 38.6 Å². The number of aliphatic carboxylic acids is 3. The van der Waals surface area contributed by atoms with Crippen molar-refractivity contribution in [1.29, 1.82) is 0 Å². The molecule has 8 amide bonds. The zero-order valence-electron chi connectivity index (χ0n) is 57.2. The molecule has 0 aromatic rings. The molecule has 7 unspecified atom stereocenters. The molecule has 3 fully saturated rings. The Balaban J connectivity index is 0.00000107. The van der Waals surface area contributed by atoms with Crippen LogP contribution in [0.1, 0.15) is 131 Å². The van der Waals surface area contributed by atoms with Gasteiger partial charge in [0.2, 0.25) is 47.3 Å². The quantitative estimate of drug-likeness (QED) is 0.0252. The van der Waals surface area contributed by atoms with Crippen molar-refractivity contribution in [2.75, 3.05) is 72.7 Å². The number of ether oxygens (including phenoxy) is 6. The normalized spacial score (nSPS) is 24.8. The molecule has 103 heavy (non-hydrogen) atoms. The minimum absolute atomic E-state index is 0. The Kier molecular flexibility index (Phi) is 43.1. The van der Waals surface area contributed by atoms with Crippen LogP contribution < -0.4 is 31.9 Å². The van der Waals surface area contributed by atoms with Crippen LogP contribution in [0, 0.1) is 0 Å². The second-order valence-corrected chi connectivity index (χ2v) is 23.9. The van der Waals surface area contributed by atoms with Gasteiger partial charge in [-0.25, -0.2) is 4.79 Å². The van der Waals surface area contributed by atoms with Gasteiger partial charge in [-0.2, -0.15) is 0 Å². The minimum Gasteiger partial charge on any atom is -0.480 e. The second-order valence-electron chi connectivity index (χ2n) is 23.9. The van der Waals surface area contributed by atoms with Crippen LogP contribution in [0.5, 0.6) is 0 Å². The topological polar surface area (TPSA) is 633 Å². The van der Waals surface area contributed by atoms with Crippen LogP contribution in [0.4, 0.5) is 0 Å². The van der Waals surface area contributed by atoms with E-state index in [2.05, 4.69) is 31.9 Å². The maximum Gasteiger partial charge on any atom is 0.364 e. The summed E-state index contributed by atoms with van der Waals surface area (Å²) in [4.78, 5) is 180. The number of nitrogens with one attached hydrogen (secondary N) is 6. The lowest BCUT2D eigenvalue weighted by Crippen LogP contribution is -2.70. The molecule has 3 aliphatic rings. The first-order chi connectivity index (χ1) is 48.0. The predicted octanol–water partition coefficient (Wildman–Crippen LogP) is -7.78. The predicted molar refractivity (Wildman–Crippen MR) is 345 cm³/mol. The smallest absolute Gasteiger partial charge is 0.364 e. The van der Waals surface area contributed by atoms with Gasteiger partial charge < -0.3 is 131 Å². The van der Waals surface area contributed by atoms with E-state index in [0.717, 1.165) is 18.7 Å². The highest BCUT2D eigenvalue weighted by molar-refractivity contribution is 5.94. The van der Waals surface area contributed by atoms with Crippen molar-refractivity contribution >= 4 is 88.3 Å². The molecule has 3 saturated heterocycles. The fourth-order valence-corrected chi connectivity index (χ4v) is 10.2. The van der Waals surface area contributed by atoms with Crippen LogP contribution in [-0.2, 0) is 100 Å². The van der Waals surface area contributed by atoms with Crippen LogP contribution in [0.2, 0.25) is 0 Å². The number of Topliss-reactive ketones (excluding diaryl/α,β-unsaturated/α-hetero) is 4. The highest BCUT2D eigenvalue weighted by Crippen LogP contribution is 2.38. The van der Waals surface area contributed by atoms with E-state index in [1.54, 1.807) is 13.8 Å². The molecular weight excluding hydrogens is 1380 g/mol. The number of hydrogen-bond donors (Lipinski definition) is 18. The molecule has 0 spiro atoms. The van der Waals surface area contributed by atoms with Crippen LogP contribution >= 0.6 is 0 Å². The molecule has 41 heteroatoms. The van der Waals surface area contributed by atoms with Crippen LogP contribution in [-0.4, -0.2) is 330 Å². The molecule has 0 saturated carbocycles. The summed E-state index contributed by atoms with van der Waals surface area (Å²) in [7, 11) is 1.53. The highest BCUT2D eigenvalue weighted by atomic mass is 16.8. The second kappa shape index (κ2) is 47.6. The van der Waals surface area contributed by atoms with Gasteiger partial charge in [-0.05, 0) is 32.6 Å². The summed E-state index contributed by atoms with van der Waals surface area (Å²) >= 11 is 0. The van der Waals surface area contributed by atoms with Crippen LogP contribution in [0.15, 0.2) is 0 Å². The molecule has 0 radical (unpaired) electrons. The summed E-state index contributed by atoms with van der Waals surface area (Å²) in [6.45, 7) is -0.130. The number of ketones is 4. The molecule has 3 rings (SSSR count). The SMILES string of the molecule is C.CCNC(=O)CCC(=O)CNC(=O)CN(CC(=O)O)C(=O)CCC(=O)CNC(=O)CN(CC(=O)O)C(=O)CCC(=O)CC.CNC(=O)CCCCC(=O)CCCCO[C@@H]1OC(CO)[C@@H](O[C@@H]2OC(O[C@]3(C(=O)O)C[C@@H](O)[C@@H](NC(C)=O)C(C(O)C(O)CO)O3)[C@H](O)[C@H](O)C2O)[C@H](O)C1NC(C)=O. The van der Waals surface area contributed by atoms with E-state index < -0.39 is 234 Å². The van der Waals surface area contributed by atoms with Crippen LogP contribution in [0.25, 0.3) is 0 Å². The summed E-state index contributed by atoms with van der Waals surface area (Å²) in [5, 5.41) is 138. The Bertz CT molecular complexity index is 2840. The fourth-order valence-electron chi connectivity index (χ4n) is 10.2.